The van der Waals surface area contributed by atoms with E-state index in [2.05, 4.69) is 5.32 Å². The van der Waals surface area contributed by atoms with E-state index in [1.807, 2.05) is 20.8 Å². The molecule has 0 aliphatic rings. The highest BCUT2D eigenvalue weighted by atomic mass is 19.1. The second-order valence-electron chi connectivity index (χ2n) is 4.57. The second kappa shape index (κ2) is 6.23. The zero-order valence-corrected chi connectivity index (χ0v) is 10.9. The summed E-state index contributed by atoms with van der Waals surface area (Å²) in [5.74, 6) is 0.00578. The Hall–Kier alpha value is -1.78. The fraction of sp³-hybridized carbons (Fsp3) is 0.462. The summed E-state index contributed by atoms with van der Waals surface area (Å²) < 4.78 is 18.0. The summed E-state index contributed by atoms with van der Waals surface area (Å²) in [6.45, 7) is 5.83. The summed E-state index contributed by atoms with van der Waals surface area (Å²) in [6, 6.07) is 3.88. The Bertz CT molecular complexity index is 421. The standard InChI is InChI=1S/C13H19FN2O2/c1-8(2)9(3)16-13(17)7-18-12-5-4-10(14)6-11(12)15/h4-6,8-9H,7,15H2,1-3H3,(H,16,17). The number of hydrogen-bond donors (Lipinski definition) is 2. The molecule has 0 saturated carbocycles. The summed E-state index contributed by atoms with van der Waals surface area (Å²) in [7, 11) is 0. The predicted octanol–water partition coefficient (Wildman–Crippen LogP) is 1.95. The molecule has 0 fully saturated rings. The number of anilines is 1. The van der Waals surface area contributed by atoms with E-state index < -0.39 is 5.82 Å². The van der Waals surface area contributed by atoms with E-state index in [-0.39, 0.29) is 24.2 Å². The molecule has 1 amide bonds. The molecule has 100 valence electrons. The van der Waals surface area contributed by atoms with Crippen molar-refractivity contribution in [3.05, 3.63) is 24.0 Å². The number of hydrogen-bond acceptors (Lipinski definition) is 3. The van der Waals surface area contributed by atoms with Gasteiger partial charge in [-0.3, -0.25) is 4.79 Å². The van der Waals surface area contributed by atoms with Gasteiger partial charge in [0.25, 0.3) is 5.91 Å². The Balaban J connectivity index is 2.47. The van der Waals surface area contributed by atoms with Crippen molar-refractivity contribution < 1.29 is 13.9 Å². The van der Waals surface area contributed by atoms with Gasteiger partial charge in [-0.2, -0.15) is 0 Å². The second-order valence-corrected chi connectivity index (χ2v) is 4.57. The topological polar surface area (TPSA) is 64.3 Å². The van der Waals surface area contributed by atoms with Gasteiger partial charge in [-0.15, -0.1) is 0 Å². The molecule has 4 nitrogen and oxygen atoms in total. The lowest BCUT2D eigenvalue weighted by atomic mass is 10.1. The highest BCUT2D eigenvalue weighted by Crippen LogP contribution is 2.21. The fourth-order valence-corrected chi connectivity index (χ4v) is 1.26. The average molecular weight is 254 g/mol. The van der Waals surface area contributed by atoms with Gasteiger partial charge in [0.2, 0.25) is 0 Å². The van der Waals surface area contributed by atoms with E-state index in [0.29, 0.717) is 11.7 Å². The van der Waals surface area contributed by atoms with Crippen molar-refractivity contribution in [2.75, 3.05) is 12.3 Å². The third-order valence-corrected chi connectivity index (χ3v) is 2.72. The first kappa shape index (κ1) is 14.3. The molecule has 18 heavy (non-hydrogen) atoms. The lowest BCUT2D eigenvalue weighted by Gasteiger charge is -2.17. The molecule has 3 N–H and O–H groups in total. The number of benzene rings is 1. The molecule has 1 atom stereocenters. The van der Waals surface area contributed by atoms with Crippen LogP contribution in [0.5, 0.6) is 5.75 Å². The highest BCUT2D eigenvalue weighted by Gasteiger charge is 2.11. The van der Waals surface area contributed by atoms with Gasteiger partial charge < -0.3 is 15.8 Å². The van der Waals surface area contributed by atoms with E-state index in [0.717, 1.165) is 6.07 Å². The van der Waals surface area contributed by atoms with Gasteiger partial charge >= 0.3 is 0 Å². The molecule has 1 unspecified atom stereocenters. The zero-order chi connectivity index (χ0) is 13.7. The van der Waals surface area contributed by atoms with Crippen molar-refractivity contribution in [1.82, 2.24) is 5.32 Å². The van der Waals surface area contributed by atoms with Crippen LogP contribution in [0.1, 0.15) is 20.8 Å². The van der Waals surface area contributed by atoms with Crippen LogP contribution < -0.4 is 15.8 Å². The summed E-state index contributed by atoms with van der Waals surface area (Å²) in [4.78, 5) is 11.6. The van der Waals surface area contributed by atoms with E-state index in [1.165, 1.54) is 12.1 Å². The van der Waals surface area contributed by atoms with Gasteiger partial charge in [-0.25, -0.2) is 4.39 Å². The highest BCUT2D eigenvalue weighted by molar-refractivity contribution is 5.78. The Morgan fingerprint density at radius 1 is 1.44 bits per heavy atom. The maximum Gasteiger partial charge on any atom is 0.258 e. The van der Waals surface area contributed by atoms with Crippen LogP contribution in [0.15, 0.2) is 18.2 Å². The monoisotopic (exact) mass is 254 g/mol. The van der Waals surface area contributed by atoms with Gasteiger partial charge in [0, 0.05) is 12.1 Å². The lowest BCUT2D eigenvalue weighted by Crippen LogP contribution is -2.39. The first-order chi connectivity index (χ1) is 8.40. The van der Waals surface area contributed by atoms with Crippen LogP contribution in [-0.2, 0) is 4.79 Å². The number of nitrogens with one attached hydrogen (secondary N) is 1. The molecule has 0 spiro atoms. The number of amides is 1. The molecule has 5 heteroatoms. The third kappa shape index (κ3) is 4.24. The first-order valence-corrected chi connectivity index (χ1v) is 5.87. The van der Waals surface area contributed by atoms with Crippen LogP contribution in [0.2, 0.25) is 0 Å². The summed E-state index contributed by atoms with van der Waals surface area (Å²) in [6.07, 6.45) is 0. The van der Waals surface area contributed by atoms with Crippen LogP contribution in [0.25, 0.3) is 0 Å². The van der Waals surface area contributed by atoms with E-state index in [9.17, 15) is 9.18 Å². The molecular formula is C13H19FN2O2. The quantitative estimate of drug-likeness (QED) is 0.789. The maximum atomic E-state index is 12.8. The van der Waals surface area contributed by atoms with Crippen LogP contribution in [0.3, 0.4) is 0 Å². The van der Waals surface area contributed by atoms with Crippen molar-refractivity contribution in [3.63, 3.8) is 0 Å². The summed E-state index contributed by atoms with van der Waals surface area (Å²) in [5, 5.41) is 2.80. The first-order valence-electron chi connectivity index (χ1n) is 5.87. The minimum atomic E-state index is -0.433. The van der Waals surface area contributed by atoms with Crippen LogP contribution in [-0.4, -0.2) is 18.6 Å². The van der Waals surface area contributed by atoms with Gasteiger partial charge in [0.15, 0.2) is 6.61 Å². The van der Waals surface area contributed by atoms with Crippen LogP contribution >= 0.6 is 0 Å². The van der Waals surface area contributed by atoms with Gasteiger partial charge in [0.05, 0.1) is 5.69 Å². The Kier molecular flexibility index (Phi) is 4.95. The third-order valence-electron chi connectivity index (χ3n) is 2.72. The molecule has 0 heterocycles. The predicted molar refractivity (Wildman–Crippen MR) is 68.8 cm³/mol. The lowest BCUT2D eigenvalue weighted by molar-refractivity contribution is -0.123. The van der Waals surface area contributed by atoms with Gasteiger partial charge in [-0.1, -0.05) is 13.8 Å². The Labute approximate surface area is 106 Å². The Morgan fingerprint density at radius 3 is 2.67 bits per heavy atom. The molecule has 0 aliphatic heterocycles. The molecule has 0 bridgehead atoms. The molecule has 1 rings (SSSR count). The van der Waals surface area contributed by atoms with Crippen molar-refractivity contribution in [2.24, 2.45) is 5.92 Å². The van der Waals surface area contributed by atoms with Crippen LogP contribution in [0.4, 0.5) is 10.1 Å². The van der Waals surface area contributed by atoms with E-state index in [1.54, 1.807) is 0 Å². The van der Waals surface area contributed by atoms with Crippen molar-refractivity contribution in [2.45, 2.75) is 26.8 Å². The minimum absolute atomic E-state index is 0.0756. The average Bonchev–Trinajstić information content (AvgIpc) is 2.27. The fourth-order valence-electron chi connectivity index (χ4n) is 1.26. The largest absolute Gasteiger partial charge is 0.482 e. The van der Waals surface area contributed by atoms with E-state index in [4.69, 9.17) is 10.5 Å². The molecule has 0 aliphatic carbocycles. The zero-order valence-electron chi connectivity index (χ0n) is 10.9. The number of carbonyl (C=O) groups excluding carboxylic acids is 1. The van der Waals surface area contributed by atoms with Crippen molar-refractivity contribution >= 4 is 11.6 Å². The van der Waals surface area contributed by atoms with E-state index >= 15 is 0 Å². The maximum absolute atomic E-state index is 12.8. The number of ether oxygens (including phenoxy) is 1. The molecule has 0 aromatic heterocycles. The van der Waals surface area contributed by atoms with Crippen LogP contribution in [0, 0.1) is 11.7 Å². The SMILES string of the molecule is CC(C)C(C)NC(=O)COc1ccc(F)cc1N. The number of carbonyl (C=O) groups is 1. The molecule has 1 aromatic rings. The number of halogens is 1. The van der Waals surface area contributed by atoms with Crippen molar-refractivity contribution in [3.8, 4) is 5.75 Å². The van der Waals surface area contributed by atoms with Crippen molar-refractivity contribution in [1.29, 1.82) is 0 Å². The summed E-state index contributed by atoms with van der Waals surface area (Å²) >= 11 is 0. The molecule has 1 aromatic carbocycles. The minimum Gasteiger partial charge on any atom is -0.482 e. The summed E-state index contributed by atoms with van der Waals surface area (Å²) in [5.41, 5.74) is 5.74. The number of rotatable bonds is 5. The smallest absolute Gasteiger partial charge is 0.258 e. The molecular weight excluding hydrogens is 235 g/mol. The van der Waals surface area contributed by atoms with Gasteiger partial charge in [-0.05, 0) is 25.0 Å². The molecule has 0 saturated heterocycles. The normalized spacial score (nSPS) is 12.3. The Morgan fingerprint density at radius 2 is 2.11 bits per heavy atom. The number of nitrogen functional groups attached to an aromatic ring is 1. The molecule has 0 radical (unpaired) electrons. The van der Waals surface area contributed by atoms with Gasteiger partial charge in [0.1, 0.15) is 11.6 Å². The number of nitrogens with two attached hydrogens (primary N) is 1.